The summed E-state index contributed by atoms with van der Waals surface area (Å²) in [5.74, 6) is 0.278. The van der Waals surface area contributed by atoms with Crippen LogP contribution in [0.2, 0.25) is 0 Å². The van der Waals surface area contributed by atoms with Crippen molar-refractivity contribution in [2.45, 2.75) is 13.1 Å². The molecule has 4 nitrogen and oxygen atoms in total. The number of aromatic hydroxyl groups is 1. The summed E-state index contributed by atoms with van der Waals surface area (Å²) in [6.07, 6.45) is 3.50. The summed E-state index contributed by atoms with van der Waals surface area (Å²) in [4.78, 5) is 4.03. The molecule has 1 aromatic heterocycles. The number of nitrogens with two attached hydrogens (primary N) is 1. The van der Waals surface area contributed by atoms with E-state index in [0.717, 1.165) is 16.8 Å². The van der Waals surface area contributed by atoms with E-state index >= 15 is 0 Å². The molecule has 2 aromatic rings. The first-order chi connectivity index (χ1) is 8.29. The highest BCUT2D eigenvalue weighted by molar-refractivity contribution is 5.49. The number of nitrogens with one attached hydrogen (secondary N) is 1. The van der Waals surface area contributed by atoms with Gasteiger partial charge in [-0.25, -0.2) is 0 Å². The predicted octanol–water partition coefficient (Wildman–Crippen LogP) is 1.86. The molecular formula is C13H15N3O. The second kappa shape index (κ2) is 5.32. The molecular weight excluding hydrogens is 214 g/mol. The average Bonchev–Trinajstić information content (AvgIpc) is 2.38. The molecule has 0 amide bonds. The van der Waals surface area contributed by atoms with Gasteiger partial charge < -0.3 is 16.2 Å². The van der Waals surface area contributed by atoms with E-state index in [0.29, 0.717) is 13.1 Å². The van der Waals surface area contributed by atoms with Crippen LogP contribution in [-0.2, 0) is 13.1 Å². The monoisotopic (exact) mass is 229 g/mol. The van der Waals surface area contributed by atoms with Gasteiger partial charge in [-0.1, -0.05) is 12.1 Å². The third kappa shape index (κ3) is 2.95. The zero-order valence-electron chi connectivity index (χ0n) is 9.43. The molecule has 0 unspecified atom stereocenters. The smallest absolute Gasteiger partial charge is 0.115 e. The fourth-order valence-corrected chi connectivity index (χ4v) is 1.57. The van der Waals surface area contributed by atoms with Gasteiger partial charge in [0.15, 0.2) is 0 Å². The van der Waals surface area contributed by atoms with Gasteiger partial charge in [0.1, 0.15) is 5.75 Å². The summed E-state index contributed by atoms with van der Waals surface area (Å²) >= 11 is 0. The van der Waals surface area contributed by atoms with Crippen molar-refractivity contribution < 1.29 is 5.11 Å². The summed E-state index contributed by atoms with van der Waals surface area (Å²) in [7, 11) is 0. The van der Waals surface area contributed by atoms with Crippen LogP contribution in [0.25, 0.3) is 0 Å². The van der Waals surface area contributed by atoms with E-state index in [1.54, 1.807) is 24.5 Å². The molecule has 17 heavy (non-hydrogen) atoms. The van der Waals surface area contributed by atoms with Crippen molar-refractivity contribution in [3.05, 3.63) is 53.9 Å². The molecule has 0 saturated heterocycles. The molecule has 88 valence electrons. The third-order valence-corrected chi connectivity index (χ3v) is 2.54. The average molecular weight is 229 g/mol. The number of rotatable bonds is 4. The van der Waals surface area contributed by atoms with E-state index in [1.807, 2.05) is 18.2 Å². The van der Waals surface area contributed by atoms with Crippen LogP contribution in [-0.4, -0.2) is 10.1 Å². The van der Waals surface area contributed by atoms with E-state index in [-0.39, 0.29) is 5.75 Å². The largest absolute Gasteiger partial charge is 0.508 e. The number of nitrogens with zero attached hydrogens (tertiary/aromatic N) is 1. The first kappa shape index (κ1) is 11.4. The van der Waals surface area contributed by atoms with E-state index < -0.39 is 0 Å². The van der Waals surface area contributed by atoms with Crippen molar-refractivity contribution in [3.63, 3.8) is 0 Å². The molecule has 1 aromatic carbocycles. The topological polar surface area (TPSA) is 71.2 Å². The summed E-state index contributed by atoms with van der Waals surface area (Å²) < 4.78 is 0. The second-order valence-corrected chi connectivity index (χ2v) is 3.76. The molecule has 4 N–H and O–H groups in total. The highest BCUT2D eigenvalue weighted by Gasteiger charge is 2.00. The zero-order chi connectivity index (χ0) is 12.1. The SMILES string of the molecule is NCc1cnccc1NCc1ccc(O)cc1. The van der Waals surface area contributed by atoms with Crippen LogP contribution < -0.4 is 11.1 Å². The van der Waals surface area contributed by atoms with Gasteiger partial charge >= 0.3 is 0 Å². The summed E-state index contributed by atoms with van der Waals surface area (Å²) in [5.41, 5.74) is 8.71. The van der Waals surface area contributed by atoms with Crippen LogP contribution in [0.1, 0.15) is 11.1 Å². The Labute approximate surface area is 100 Å². The molecule has 0 radical (unpaired) electrons. The number of hydrogen-bond donors (Lipinski definition) is 3. The number of benzene rings is 1. The van der Waals surface area contributed by atoms with Crippen LogP contribution >= 0.6 is 0 Å². The number of anilines is 1. The number of hydrogen-bond acceptors (Lipinski definition) is 4. The Morgan fingerprint density at radius 2 is 1.94 bits per heavy atom. The minimum Gasteiger partial charge on any atom is -0.508 e. The van der Waals surface area contributed by atoms with Crippen molar-refractivity contribution in [2.24, 2.45) is 5.73 Å². The van der Waals surface area contributed by atoms with Gasteiger partial charge in [0.05, 0.1) is 0 Å². The first-order valence-corrected chi connectivity index (χ1v) is 5.44. The van der Waals surface area contributed by atoms with Crippen molar-refractivity contribution in [1.29, 1.82) is 0 Å². The molecule has 0 bridgehead atoms. The molecule has 0 fully saturated rings. The normalized spacial score (nSPS) is 10.2. The lowest BCUT2D eigenvalue weighted by Crippen LogP contribution is -2.05. The van der Waals surface area contributed by atoms with Crippen LogP contribution in [0, 0.1) is 0 Å². The van der Waals surface area contributed by atoms with Crippen molar-refractivity contribution >= 4 is 5.69 Å². The molecule has 0 atom stereocenters. The minimum atomic E-state index is 0.278. The van der Waals surface area contributed by atoms with Crippen molar-refractivity contribution in [2.75, 3.05) is 5.32 Å². The molecule has 0 aliphatic carbocycles. The van der Waals surface area contributed by atoms with Gasteiger partial charge in [-0.3, -0.25) is 4.98 Å². The molecule has 0 aliphatic rings. The fraction of sp³-hybridized carbons (Fsp3) is 0.154. The Morgan fingerprint density at radius 1 is 1.18 bits per heavy atom. The number of phenolic OH excluding ortho intramolecular Hbond substituents is 1. The van der Waals surface area contributed by atoms with Gasteiger partial charge in [-0.05, 0) is 23.8 Å². The Hall–Kier alpha value is -2.07. The Balaban J connectivity index is 2.04. The number of aromatic nitrogens is 1. The molecule has 0 aliphatic heterocycles. The lowest BCUT2D eigenvalue weighted by molar-refractivity contribution is 0.475. The lowest BCUT2D eigenvalue weighted by atomic mass is 10.2. The minimum absolute atomic E-state index is 0.278. The Morgan fingerprint density at radius 3 is 2.65 bits per heavy atom. The maximum atomic E-state index is 9.18. The second-order valence-electron chi connectivity index (χ2n) is 3.76. The summed E-state index contributed by atoms with van der Waals surface area (Å²) in [6.45, 7) is 1.16. The molecule has 0 spiro atoms. The van der Waals surface area contributed by atoms with E-state index in [4.69, 9.17) is 5.73 Å². The van der Waals surface area contributed by atoms with E-state index in [1.165, 1.54) is 0 Å². The van der Waals surface area contributed by atoms with Gasteiger partial charge in [0.25, 0.3) is 0 Å². The Kier molecular flexibility index (Phi) is 3.57. The van der Waals surface area contributed by atoms with Gasteiger partial charge in [-0.15, -0.1) is 0 Å². The maximum Gasteiger partial charge on any atom is 0.115 e. The van der Waals surface area contributed by atoms with Crippen LogP contribution in [0.3, 0.4) is 0 Å². The standard InChI is InChI=1S/C13H15N3O/c14-7-11-9-15-6-5-13(11)16-8-10-1-3-12(17)4-2-10/h1-6,9,17H,7-8,14H2,(H,15,16). The van der Waals surface area contributed by atoms with Gasteiger partial charge in [0, 0.05) is 36.7 Å². The quantitative estimate of drug-likeness (QED) is 0.748. The first-order valence-electron chi connectivity index (χ1n) is 5.44. The van der Waals surface area contributed by atoms with Crippen molar-refractivity contribution in [3.8, 4) is 5.75 Å². The van der Waals surface area contributed by atoms with E-state index in [9.17, 15) is 5.11 Å². The molecule has 2 rings (SSSR count). The highest BCUT2D eigenvalue weighted by Crippen LogP contribution is 2.15. The highest BCUT2D eigenvalue weighted by atomic mass is 16.3. The van der Waals surface area contributed by atoms with Crippen LogP contribution in [0.5, 0.6) is 5.75 Å². The predicted molar refractivity (Wildman–Crippen MR) is 67.6 cm³/mol. The third-order valence-electron chi connectivity index (χ3n) is 2.54. The zero-order valence-corrected chi connectivity index (χ0v) is 9.43. The summed E-state index contributed by atoms with van der Waals surface area (Å²) in [5, 5.41) is 12.5. The van der Waals surface area contributed by atoms with Gasteiger partial charge in [0.2, 0.25) is 0 Å². The summed E-state index contributed by atoms with van der Waals surface area (Å²) in [6, 6.07) is 9.01. The fourth-order valence-electron chi connectivity index (χ4n) is 1.57. The molecule has 0 saturated carbocycles. The van der Waals surface area contributed by atoms with Crippen LogP contribution in [0.15, 0.2) is 42.7 Å². The van der Waals surface area contributed by atoms with Gasteiger partial charge in [-0.2, -0.15) is 0 Å². The molecule has 4 heteroatoms. The Bertz CT molecular complexity index is 482. The molecule has 1 heterocycles. The lowest BCUT2D eigenvalue weighted by Gasteiger charge is -2.10. The van der Waals surface area contributed by atoms with E-state index in [2.05, 4.69) is 10.3 Å². The van der Waals surface area contributed by atoms with Crippen molar-refractivity contribution in [1.82, 2.24) is 4.98 Å². The number of phenols is 1. The maximum absolute atomic E-state index is 9.18. The number of pyridine rings is 1. The van der Waals surface area contributed by atoms with Crippen LogP contribution in [0.4, 0.5) is 5.69 Å².